The number of hydrogen-bond donors (Lipinski definition) is 2. The molecule has 0 aliphatic carbocycles. The third-order valence-corrected chi connectivity index (χ3v) is 2.18. The number of rotatable bonds is 2. The van der Waals surface area contributed by atoms with Crippen LogP contribution in [-0.2, 0) is 0 Å². The van der Waals surface area contributed by atoms with Crippen molar-refractivity contribution in [2.24, 2.45) is 0 Å². The van der Waals surface area contributed by atoms with E-state index in [1.165, 1.54) is 0 Å². The van der Waals surface area contributed by atoms with E-state index >= 15 is 0 Å². The summed E-state index contributed by atoms with van der Waals surface area (Å²) >= 11 is 4.11. The molecule has 54 valence electrons. The Morgan fingerprint density at radius 3 is 2.11 bits per heavy atom. The molecular formula is C7H14OS. The molecule has 0 bridgehead atoms. The fourth-order valence-corrected chi connectivity index (χ4v) is 0.577. The average Bonchev–Trinajstić information content (AvgIpc) is 1.65. The summed E-state index contributed by atoms with van der Waals surface area (Å²) in [7, 11) is 0. The molecule has 0 rings (SSSR count). The van der Waals surface area contributed by atoms with Crippen molar-refractivity contribution in [1.29, 1.82) is 0 Å². The van der Waals surface area contributed by atoms with E-state index in [1.807, 2.05) is 6.92 Å². The Hall–Kier alpha value is 0.0500. The molecule has 2 atom stereocenters. The van der Waals surface area contributed by atoms with Crippen molar-refractivity contribution in [2.45, 2.75) is 31.6 Å². The summed E-state index contributed by atoms with van der Waals surface area (Å²) in [6, 6.07) is 0. The molecule has 0 radical (unpaired) electrons. The first-order chi connectivity index (χ1) is 3.89. The quantitative estimate of drug-likeness (QED) is 0.448. The highest BCUT2D eigenvalue weighted by atomic mass is 32.1. The highest BCUT2D eigenvalue weighted by Gasteiger charge is 2.25. The van der Waals surface area contributed by atoms with Crippen molar-refractivity contribution in [3.63, 3.8) is 0 Å². The third-order valence-electron chi connectivity index (χ3n) is 1.68. The van der Waals surface area contributed by atoms with Crippen molar-refractivity contribution < 1.29 is 5.11 Å². The van der Waals surface area contributed by atoms with Crippen molar-refractivity contribution in [3.05, 3.63) is 12.2 Å². The van der Waals surface area contributed by atoms with E-state index in [0.717, 1.165) is 5.57 Å². The fourth-order valence-electron chi connectivity index (χ4n) is 0.357. The van der Waals surface area contributed by atoms with E-state index in [-0.39, 0.29) is 5.25 Å². The molecule has 1 unspecified atom stereocenters. The Kier molecular flexibility index (Phi) is 2.77. The van der Waals surface area contributed by atoms with Crippen LogP contribution in [0.4, 0.5) is 0 Å². The second-order valence-corrected chi connectivity index (χ2v) is 3.38. The molecule has 0 aromatic carbocycles. The Balaban J connectivity index is 4.19. The van der Waals surface area contributed by atoms with Gasteiger partial charge in [0.15, 0.2) is 0 Å². The molecule has 0 heterocycles. The van der Waals surface area contributed by atoms with E-state index in [0.29, 0.717) is 0 Å². The number of thiol groups is 1. The van der Waals surface area contributed by atoms with Crippen molar-refractivity contribution in [1.82, 2.24) is 0 Å². The normalized spacial score (nSPS) is 20.6. The zero-order valence-corrected chi connectivity index (χ0v) is 7.07. The van der Waals surface area contributed by atoms with Crippen molar-refractivity contribution >= 4 is 12.6 Å². The van der Waals surface area contributed by atoms with Gasteiger partial charge in [-0.3, -0.25) is 0 Å². The first-order valence-electron chi connectivity index (χ1n) is 2.95. The maximum absolute atomic E-state index is 9.49. The highest BCUT2D eigenvalue weighted by Crippen LogP contribution is 2.21. The summed E-state index contributed by atoms with van der Waals surface area (Å²) in [6.07, 6.45) is 0. The maximum atomic E-state index is 9.49. The van der Waals surface area contributed by atoms with Crippen molar-refractivity contribution in [3.8, 4) is 0 Å². The molecule has 2 heteroatoms. The van der Waals surface area contributed by atoms with Crippen LogP contribution in [-0.4, -0.2) is 16.0 Å². The summed E-state index contributed by atoms with van der Waals surface area (Å²) in [6.45, 7) is 9.01. The minimum atomic E-state index is -0.830. The summed E-state index contributed by atoms with van der Waals surface area (Å²) in [5.41, 5.74) is -0.0756. The molecule has 0 amide bonds. The molecule has 0 aliphatic rings. The smallest absolute Gasteiger partial charge is 0.0936 e. The Labute approximate surface area is 62.2 Å². The van der Waals surface area contributed by atoms with Gasteiger partial charge < -0.3 is 5.11 Å². The second kappa shape index (κ2) is 2.76. The van der Waals surface area contributed by atoms with E-state index < -0.39 is 5.60 Å². The fraction of sp³-hybridized carbons (Fsp3) is 0.714. The lowest BCUT2D eigenvalue weighted by molar-refractivity contribution is 0.102. The first kappa shape index (κ1) is 9.05. The molecule has 0 aliphatic heterocycles. The van der Waals surface area contributed by atoms with Gasteiger partial charge in [0.2, 0.25) is 0 Å². The van der Waals surface area contributed by atoms with Gasteiger partial charge in [0.25, 0.3) is 0 Å². The van der Waals surface area contributed by atoms with Gasteiger partial charge in [0, 0.05) is 5.25 Å². The van der Waals surface area contributed by atoms with Gasteiger partial charge in [-0.15, -0.1) is 0 Å². The van der Waals surface area contributed by atoms with E-state index in [1.54, 1.807) is 13.8 Å². The molecule has 1 N–H and O–H groups in total. The van der Waals surface area contributed by atoms with Gasteiger partial charge in [-0.05, 0) is 19.4 Å². The summed E-state index contributed by atoms with van der Waals surface area (Å²) in [5.74, 6) is 0. The van der Waals surface area contributed by atoms with Crippen LogP contribution < -0.4 is 0 Å². The molecule has 9 heavy (non-hydrogen) atoms. The van der Waals surface area contributed by atoms with Gasteiger partial charge in [-0.2, -0.15) is 12.6 Å². The highest BCUT2D eigenvalue weighted by molar-refractivity contribution is 7.81. The van der Waals surface area contributed by atoms with Gasteiger partial charge >= 0.3 is 0 Å². The zero-order valence-electron chi connectivity index (χ0n) is 6.18. The van der Waals surface area contributed by atoms with E-state index in [4.69, 9.17) is 0 Å². The number of aliphatic hydroxyl groups is 1. The first-order valence-corrected chi connectivity index (χ1v) is 3.47. The predicted molar refractivity (Wildman–Crippen MR) is 43.9 cm³/mol. The van der Waals surface area contributed by atoms with Crippen LogP contribution in [0.2, 0.25) is 0 Å². The molecule has 0 aromatic rings. The zero-order chi connectivity index (χ0) is 7.65. The average molecular weight is 146 g/mol. The SMILES string of the molecule is C=C(C)C(C)(O)[C@@H](C)S. The van der Waals surface area contributed by atoms with Crippen molar-refractivity contribution in [2.75, 3.05) is 0 Å². The minimum absolute atomic E-state index is 0.0602. The summed E-state index contributed by atoms with van der Waals surface area (Å²) < 4.78 is 0. The van der Waals surface area contributed by atoms with E-state index in [9.17, 15) is 5.11 Å². The van der Waals surface area contributed by atoms with Crippen LogP contribution in [0.15, 0.2) is 12.2 Å². The Bertz CT molecular complexity index is 116. The van der Waals surface area contributed by atoms with Gasteiger partial charge in [0.05, 0.1) is 5.60 Å². The van der Waals surface area contributed by atoms with Crippen LogP contribution in [0.1, 0.15) is 20.8 Å². The molecular weight excluding hydrogens is 132 g/mol. The lowest BCUT2D eigenvalue weighted by atomic mass is 9.95. The monoisotopic (exact) mass is 146 g/mol. The molecule has 0 fully saturated rings. The van der Waals surface area contributed by atoms with Crippen LogP contribution in [0.3, 0.4) is 0 Å². The lowest BCUT2D eigenvalue weighted by Gasteiger charge is -2.26. The van der Waals surface area contributed by atoms with Crippen LogP contribution in [0, 0.1) is 0 Å². The molecule has 0 aromatic heterocycles. The lowest BCUT2D eigenvalue weighted by Crippen LogP contribution is -2.34. The largest absolute Gasteiger partial charge is 0.385 e. The summed E-state index contributed by atoms with van der Waals surface area (Å²) in [5, 5.41) is 9.43. The molecule has 0 saturated carbocycles. The summed E-state index contributed by atoms with van der Waals surface area (Å²) in [4.78, 5) is 0. The second-order valence-electron chi connectivity index (χ2n) is 2.60. The van der Waals surface area contributed by atoms with Gasteiger partial charge in [-0.25, -0.2) is 0 Å². The molecule has 0 saturated heterocycles. The molecule has 0 spiro atoms. The van der Waals surface area contributed by atoms with Crippen LogP contribution >= 0.6 is 12.6 Å². The minimum Gasteiger partial charge on any atom is -0.385 e. The Morgan fingerprint density at radius 2 is 2.11 bits per heavy atom. The van der Waals surface area contributed by atoms with Crippen LogP contribution in [0.25, 0.3) is 0 Å². The predicted octanol–water partition coefficient (Wildman–Crippen LogP) is 1.63. The third kappa shape index (κ3) is 2.03. The molecule has 1 nitrogen and oxygen atoms in total. The van der Waals surface area contributed by atoms with Crippen LogP contribution in [0.5, 0.6) is 0 Å². The van der Waals surface area contributed by atoms with E-state index in [2.05, 4.69) is 19.2 Å². The maximum Gasteiger partial charge on any atom is 0.0936 e. The topological polar surface area (TPSA) is 20.2 Å². The standard InChI is InChI=1S/C7H14OS/c1-5(2)7(4,8)6(3)9/h6,8-9H,1H2,2-4H3/t6-,7?/m1/s1. The number of hydrogen-bond acceptors (Lipinski definition) is 2. The van der Waals surface area contributed by atoms with Gasteiger partial charge in [-0.1, -0.05) is 13.5 Å². The van der Waals surface area contributed by atoms with Gasteiger partial charge in [0.1, 0.15) is 0 Å². The Morgan fingerprint density at radius 1 is 1.78 bits per heavy atom.